The lowest BCUT2D eigenvalue weighted by Gasteiger charge is -2.19. The fraction of sp³-hybridized carbons (Fsp3) is 0.511. The number of ketones is 1. The van der Waals surface area contributed by atoms with Gasteiger partial charge in [0.1, 0.15) is 11.5 Å². The average Bonchev–Trinajstić information content (AvgIpc) is 3.60. The Labute approximate surface area is 335 Å². The average molecular weight is 762 g/mol. The number of nitrogens with zero attached hydrogens (tertiary/aromatic N) is 3. The van der Waals surface area contributed by atoms with Gasteiger partial charge in [-0.05, 0) is 113 Å². The summed E-state index contributed by atoms with van der Waals surface area (Å²) < 4.78 is 14.0. The second kappa shape index (κ2) is 31.0. The molecule has 1 heterocycles. The van der Waals surface area contributed by atoms with Crippen molar-refractivity contribution in [1.29, 1.82) is 0 Å². The molecule has 3 N–H and O–H groups in total. The zero-order valence-electron chi connectivity index (χ0n) is 37.1. The van der Waals surface area contributed by atoms with Crippen molar-refractivity contribution in [3.05, 3.63) is 95.5 Å². The van der Waals surface area contributed by atoms with Crippen LogP contribution in [0.2, 0.25) is 0 Å². The number of H-pyrrole nitrogens is 1. The van der Waals surface area contributed by atoms with Gasteiger partial charge in [-0.2, -0.15) is 0 Å². The van der Waals surface area contributed by atoms with E-state index in [0.717, 1.165) is 69.9 Å². The number of anilines is 1. The Bertz CT molecular complexity index is 1600. The topological polar surface area (TPSA) is 93.6 Å². The van der Waals surface area contributed by atoms with Gasteiger partial charge in [0.2, 0.25) is 0 Å². The largest absolute Gasteiger partial charge is 0.505 e. The Morgan fingerprint density at radius 1 is 0.927 bits per heavy atom. The second-order valence-corrected chi connectivity index (χ2v) is 12.7. The molecule has 0 atom stereocenters. The molecule has 1 aromatic heterocycles. The summed E-state index contributed by atoms with van der Waals surface area (Å²) in [5.41, 5.74) is 8.92. The molecule has 0 saturated heterocycles. The van der Waals surface area contributed by atoms with E-state index in [1.807, 2.05) is 73.7 Å². The van der Waals surface area contributed by atoms with Gasteiger partial charge in [-0.3, -0.25) is 9.79 Å². The fourth-order valence-electron chi connectivity index (χ4n) is 5.58. The Morgan fingerprint density at radius 3 is 1.95 bits per heavy atom. The van der Waals surface area contributed by atoms with Gasteiger partial charge in [-0.1, -0.05) is 107 Å². The first-order valence-corrected chi connectivity index (χ1v) is 20.5. The molecule has 2 aromatic carbocycles. The van der Waals surface area contributed by atoms with Crippen LogP contribution in [0.4, 0.5) is 10.1 Å². The lowest BCUT2D eigenvalue weighted by molar-refractivity contribution is -0.111. The lowest BCUT2D eigenvalue weighted by Crippen LogP contribution is -2.25. The zero-order chi connectivity index (χ0) is 42.5. The summed E-state index contributed by atoms with van der Waals surface area (Å²) in [6.45, 7) is 37.9. The number of aromatic nitrogens is 2. The number of phenolic OH excluding ortho intramolecular Hbond substituents is 1. The molecule has 308 valence electrons. The highest BCUT2D eigenvalue weighted by Gasteiger charge is 2.16. The van der Waals surface area contributed by atoms with Crippen molar-refractivity contribution in [3.63, 3.8) is 0 Å². The minimum atomic E-state index is -0.618. The molecule has 3 aromatic rings. The minimum absolute atomic E-state index is 0.0579. The molecule has 7 nitrogen and oxygen atoms in total. The number of rotatable bonds is 17. The maximum Gasteiger partial charge on any atom is 0.178 e. The number of carbonyl (C=O) groups excluding carboxylic acids is 1. The molecule has 0 aliphatic rings. The number of imidazole rings is 1. The van der Waals surface area contributed by atoms with Crippen LogP contribution in [0.15, 0.2) is 66.3 Å². The molecule has 0 bridgehead atoms. The van der Waals surface area contributed by atoms with Gasteiger partial charge in [0.25, 0.3) is 0 Å². The molecule has 3 rings (SSSR count). The van der Waals surface area contributed by atoms with E-state index in [1.165, 1.54) is 69.7 Å². The number of allylic oxidation sites excluding steroid dienone is 2. The molecule has 0 saturated carbocycles. The number of carbonyl (C=O) groups is 1. The van der Waals surface area contributed by atoms with E-state index in [4.69, 9.17) is 4.98 Å². The number of hydrogen-bond donors (Lipinski definition) is 3. The van der Waals surface area contributed by atoms with Crippen LogP contribution >= 0.6 is 0 Å². The summed E-state index contributed by atoms with van der Waals surface area (Å²) in [5.74, 6) is -0.211. The van der Waals surface area contributed by atoms with Gasteiger partial charge in [0, 0.05) is 42.7 Å². The molecular weight excluding hydrogens is 686 g/mol. The first-order chi connectivity index (χ1) is 26.3. The monoisotopic (exact) mass is 762 g/mol. The number of aromatic amines is 1. The number of halogens is 1. The fourth-order valence-corrected chi connectivity index (χ4v) is 5.58. The van der Waals surface area contributed by atoms with Crippen molar-refractivity contribution in [2.75, 3.05) is 32.0 Å². The number of aromatic hydroxyl groups is 1. The molecule has 0 unspecified atom stereocenters. The number of nitrogens with one attached hydrogen (secondary N) is 2. The maximum atomic E-state index is 14.0. The Morgan fingerprint density at radius 2 is 1.51 bits per heavy atom. The summed E-state index contributed by atoms with van der Waals surface area (Å²) in [4.78, 5) is 25.4. The van der Waals surface area contributed by atoms with E-state index < -0.39 is 5.82 Å². The smallest absolute Gasteiger partial charge is 0.178 e. The Hall–Kier alpha value is -4.30. The number of benzene rings is 2. The Balaban J connectivity index is 0. The van der Waals surface area contributed by atoms with Crippen LogP contribution in [0.25, 0.3) is 16.7 Å². The van der Waals surface area contributed by atoms with E-state index in [1.54, 1.807) is 6.20 Å². The van der Waals surface area contributed by atoms with Gasteiger partial charge in [0.05, 0.1) is 5.69 Å². The third-order valence-corrected chi connectivity index (χ3v) is 8.10. The van der Waals surface area contributed by atoms with E-state index in [2.05, 4.69) is 68.0 Å². The number of Topliss-reactive ketones (excluding diaryl/α,β-unsaturated/α-hetero) is 1. The van der Waals surface area contributed by atoms with Crippen molar-refractivity contribution < 1.29 is 14.3 Å². The van der Waals surface area contributed by atoms with E-state index in [-0.39, 0.29) is 11.5 Å². The van der Waals surface area contributed by atoms with Crippen molar-refractivity contribution in [2.45, 2.75) is 135 Å². The molecule has 0 radical (unpaired) electrons. The van der Waals surface area contributed by atoms with Crippen molar-refractivity contribution >= 4 is 22.8 Å². The summed E-state index contributed by atoms with van der Waals surface area (Å²) in [5, 5.41) is 13.0. The predicted octanol–water partition coefficient (Wildman–Crippen LogP) is 12.8. The van der Waals surface area contributed by atoms with Crippen molar-refractivity contribution in [2.24, 2.45) is 4.99 Å². The van der Waals surface area contributed by atoms with Crippen LogP contribution in [0.1, 0.15) is 144 Å². The van der Waals surface area contributed by atoms with E-state index in [0.29, 0.717) is 12.1 Å². The van der Waals surface area contributed by atoms with E-state index >= 15 is 0 Å². The van der Waals surface area contributed by atoms with Crippen LogP contribution in [-0.2, 0) is 24.1 Å². The number of aryl methyl sites for hydroxylation is 3. The third kappa shape index (κ3) is 18.7. The van der Waals surface area contributed by atoms with Crippen LogP contribution in [0.5, 0.6) is 5.75 Å². The van der Waals surface area contributed by atoms with Crippen LogP contribution in [0, 0.1) is 5.82 Å². The minimum Gasteiger partial charge on any atom is -0.505 e. The molecule has 8 heteroatoms. The maximum absolute atomic E-state index is 14.0. The van der Waals surface area contributed by atoms with Crippen molar-refractivity contribution in [1.82, 2.24) is 14.9 Å². The van der Waals surface area contributed by atoms with Crippen molar-refractivity contribution in [3.8, 4) is 16.9 Å². The standard InChI is InChI=1S/C25H30FN3O.C9H13NO.C9H21N.2C2H6/c1-6-9-22-21(8-3)28-25(29-22)15(4)18-11-10-17(12-23(18)27-5)19-14-20(26)24(30)13-16(19)7-2;1-5-9(8(4)11)10-6-7(2)3;1-4-7-10(8-5-2)9-6-3;2*1-2/h10-14,27,30H,4,6-9H2,1-3,5H3,(H,28,29);5-6H,1H2,2-4H3;4-9H2,1-3H3;2*1-2H3. The summed E-state index contributed by atoms with van der Waals surface area (Å²) >= 11 is 0. The quantitative estimate of drug-likeness (QED) is 0.119. The SMILES string of the molecule is C=C(c1nc(CC)c(CCC)[nH]1)c1ccc(-c2cc(F)c(O)cc2CC)cc1NC.C=CC(=NC=C(C)C)C(C)=O.CC.CC.CCCN(CCC)CCC. The molecule has 0 aliphatic heterocycles. The number of aliphatic imine (C=N–C) groups is 1. The highest BCUT2D eigenvalue weighted by atomic mass is 19.1. The van der Waals surface area contributed by atoms with Gasteiger partial charge >= 0.3 is 0 Å². The van der Waals surface area contributed by atoms with Crippen LogP contribution in [-0.4, -0.2) is 58.2 Å². The predicted molar refractivity (Wildman–Crippen MR) is 240 cm³/mol. The first kappa shape index (κ1) is 52.8. The van der Waals surface area contributed by atoms with Gasteiger partial charge < -0.3 is 20.3 Å². The molecular formula is C47H76FN5O2. The second-order valence-electron chi connectivity index (χ2n) is 12.7. The normalized spacial score (nSPS) is 10.3. The number of phenols is 1. The number of hydrogen-bond acceptors (Lipinski definition) is 6. The van der Waals surface area contributed by atoms with Gasteiger partial charge in [0.15, 0.2) is 17.3 Å². The van der Waals surface area contributed by atoms with Crippen LogP contribution in [0.3, 0.4) is 0 Å². The summed E-state index contributed by atoms with van der Waals surface area (Å²) in [6.07, 6.45) is 10.6. The van der Waals surface area contributed by atoms with Crippen LogP contribution < -0.4 is 5.32 Å². The lowest BCUT2D eigenvalue weighted by atomic mass is 9.94. The molecule has 0 spiro atoms. The summed E-state index contributed by atoms with van der Waals surface area (Å²) in [6, 6.07) is 8.84. The highest BCUT2D eigenvalue weighted by Crippen LogP contribution is 2.35. The van der Waals surface area contributed by atoms with Gasteiger partial charge in [-0.15, -0.1) is 0 Å². The molecule has 55 heavy (non-hydrogen) atoms. The Kier molecular flexibility index (Phi) is 29.7. The molecule has 0 fully saturated rings. The van der Waals surface area contributed by atoms with Gasteiger partial charge in [-0.25, -0.2) is 9.37 Å². The first-order valence-electron chi connectivity index (χ1n) is 20.5. The third-order valence-electron chi connectivity index (χ3n) is 8.10. The molecule has 0 amide bonds. The zero-order valence-corrected chi connectivity index (χ0v) is 37.1. The van der Waals surface area contributed by atoms with E-state index in [9.17, 15) is 14.3 Å². The summed E-state index contributed by atoms with van der Waals surface area (Å²) in [7, 11) is 1.86. The molecule has 0 aliphatic carbocycles. The highest BCUT2D eigenvalue weighted by molar-refractivity contribution is 6.43.